The SMILES string of the molecule is Cc1cscc1-c1nc(Cl)c2c(n1)CCC2. The maximum atomic E-state index is 6.20. The molecule has 2 heterocycles. The quantitative estimate of drug-likeness (QED) is 0.722. The first-order valence-corrected chi connectivity index (χ1v) is 6.66. The van der Waals surface area contributed by atoms with E-state index in [2.05, 4.69) is 27.7 Å². The molecule has 0 radical (unpaired) electrons. The molecule has 2 aromatic heterocycles. The summed E-state index contributed by atoms with van der Waals surface area (Å²) in [4.78, 5) is 9.04. The van der Waals surface area contributed by atoms with Crippen LogP contribution in [0, 0.1) is 6.92 Å². The minimum atomic E-state index is 0.642. The average molecular weight is 251 g/mol. The maximum Gasteiger partial charge on any atom is 0.162 e. The normalized spacial score (nSPS) is 14.1. The highest BCUT2D eigenvalue weighted by atomic mass is 35.5. The van der Waals surface area contributed by atoms with Gasteiger partial charge in [-0.25, -0.2) is 9.97 Å². The number of halogens is 1. The number of hydrogen-bond acceptors (Lipinski definition) is 3. The van der Waals surface area contributed by atoms with Crippen molar-refractivity contribution in [2.45, 2.75) is 26.2 Å². The van der Waals surface area contributed by atoms with Gasteiger partial charge < -0.3 is 0 Å². The van der Waals surface area contributed by atoms with Gasteiger partial charge in [0.2, 0.25) is 0 Å². The topological polar surface area (TPSA) is 25.8 Å². The van der Waals surface area contributed by atoms with Crippen LogP contribution in [0.15, 0.2) is 10.8 Å². The van der Waals surface area contributed by atoms with E-state index in [0.29, 0.717) is 5.15 Å². The van der Waals surface area contributed by atoms with E-state index in [9.17, 15) is 0 Å². The Morgan fingerprint density at radius 1 is 1.25 bits per heavy atom. The zero-order valence-electron chi connectivity index (χ0n) is 8.96. The van der Waals surface area contributed by atoms with Crippen LogP contribution in [0.1, 0.15) is 23.2 Å². The van der Waals surface area contributed by atoms with E-state index in [0.717, 1.165) is 41.9 Å². The van der Waals surface area contributed by atoms with E-state index in [-0.39, 0.29) is 0 Å². The third kappa shape index (κ3) is 1.55. The summed E-state index contributed by atoms with van der Waals surface area (Å²) in [5.41, 5.74) is 4.62. The molecule has 0 bridgehead atoms. The van der Waals surface area contributed by atoms with Gasteiger partial charge in [-0.2, -0.15) is 11.3 Å². The summed E-state index contributed by atoms with van der Waals surface area (Å²) in [5.74, 6) is 0.782. The monoisotopic (exact) mass is 250 g/mol. The lowest BCUT2D eigenvalue weighted by Gasteiger charge is -2.05. The van der Waals surface area contributed by atoms with Gasteiger partial charge in [0.15, 0.2) is 5.82 Å². The van der Waals surface area contributed by atoms with Crippen LogP contribution in [0.5, 0.6) is 0 Å². The van der Waals surface area contributed by atoms with Crippen molar-refractivity contribution >= 4 is 22.9 Å². The van der Waals surface area contributed by atoms with Crippen molar-refractivity contribution in [1.82, 2.24) is 9.97 Å². The van der Waals surface area contributed by atoms with E-state index < -0.39 is 0 Å². The summed E-state index contributed by atoms with van der Waals surface area (Å²) in [7, 11) is 0. The zero-order chi connectivity index (χ0) is 11.1. The van der Waals surface area contributed by atoms with Crippen LogP contribution < -0.4 is 0 Å². The van der Waals surface area contributed by atoms with E-state index in [1.165, 1.54) is 5.56 Å². The number of nitrogens with zero attached hydrogens (tertiary/aromatic N) is 2. The number of aryl methyl sites for hydroxylation is 2. The number of aromatic nitrogens is 2. The van der Waals surface area contributed by atoms with Gasteiger partial charge in [0.25, 0.3) is 0 Å². The standard InChI is InChI=1S/C12H11ClN2S/c1-7-5-16-6-9(7)12-14-10-4-2-3-8(10)11(13)15-12/h5-6H,2-4H2,1H3. The average Bonchev–Trinajstić information content (AvgIpc) is 2.85. The fourth-order valence-corrected chi connectivity index (χ4v) is 3.21. The molecule has 0 fully saturated rings. The predicted octanol–water partition coefficient (Wildman–Crippen LogP) is 3.66. The molecule has 0 N–H and O–H groups in total. The lowest BCUT2D eigenvalue weighted by atomic mass is 10.2. The number of hydrogen-bond donors (Lipinski definition) is 0. The second-order valence-corrected chi connectivity index (χ2v) is 5.19. The first kappa shape index (κ1) is 10.2. The molecule has 0 saturated heterocycles. The van der Waals surface area contributed by atoms with Crippen LogP contribution in [-0.4, -0.2) is 9.97 Å². The predicted molar refractivity (Wildman–Crippen MR) is 67.1 cm³/mol. The van der Waals surface area contributed by atoms with Gasteiger partial charge in [-0.3, -0.25) is 0 Å². The van der Waals surface area contributed by atoms with Crippen molar-refractivity contribution in [3.63, 3.8) is 0 Å². The number of thiophene rings is 1. The summed E-state index contributed by atoms with van der Waals surface area (Å²) in [6.07, 6.45) is 3.21. The highest BCUT2D eigenvalue weighted by Gasteiger charge is 2.19. The second-order valence-electron chi connectivity index (χ2n) is 4.09. The highest BCUT2D eigenvalue weighted by Crippen LogP contribution is 2.30. The van der Waals surface area contributed by atoms with Gasteiger partial charge >= 0.3 is 0 Å². The molecule has 4 heteroatoms. The van der Waals surface area contributed by atoms with E-state index in [4.69, 9.17) is 11.6 Å². The molecule has 2 aromatic rings. The lowest BCUT2D eigenvalue weighted by Crippen LogP contribution is -1.97. The van der Waals surface area contributed by atoms with Crippen molar-refractivity contribution < 1.29 is 0 Å². The summed E-state index contributed by atoms with van der Waals surface area (Å²) < 4.78 is 0. The zero-order valence-corrected chi connectivity index (χ0v) is 10.5. The third-order valence-electron chi connectivity index (χ3n) is 2.98. The minimum Gasteiger partial charge on any atom is -0.233 e. The van der Waals surface area contributed by atoms with Gasteiger partial charge in [-0.05, 0) is 37.1 Å². The fraction of sp³-hybridized carbons (Fsp3) is 0.333. The molecular weight excluding hydrogens is 240 g/mol. The second kappa shape index (κ2) is 3.82. The van der Waals surface area contributed by atoms with Crippen LogP contribution in [0.2, 0.25) is 5.15 Å². The Morgan fingerprint density at radius 3 is 2.88 bits per heavy atom. The van der Waals surface area contributed by atoms with Gasteiger partial charge in [0, 0.05) is 22.2 Å². The van der Waals surface area contributed by atoms with Crippen molar-refractivity contribution in [1.29, 1.82) is 0 Å². The Hall–Kier alpha value is -0.930. The van der Waals surface area contributed by atoms with Crippen molar-refractivity contribution in [2.24, 2.45) is 0 Å². The molecule has 0 unspecified atom stereocenters. The van der Waals surface area contributed by atoms with Crippen molar-refractivity contribution in [2.75, 3.05) is 0 Å². The number of fused-ring (bicyclic) bond motifs is 1. The first-order valence-electron chi connectivity index (χ1n) is 5.34. The Morgan fingerprint density at radius 2 is 2.12 bits per heavy atom. The van der Waals surface area contributed by atoms with Crippen LogP contribution in [0.3, 0.4) is 0 Å². The Bertz CT molecular complexity index is 548. The van der Waals surface area contributed by atoms with Crippen LogP contribution in [-0.2, 0) is 12.8 Å². The Kier molecular flexibility index (Phi) is 2.45. The summed E-state index contributed by atoms with van der Waals surface area (Å²) in [5, 5.41) is 4.84. The van der Waals surface area contributed by atoms with Gasteiger partial charge in [-0.15, -0.1) is 0 Å². The molecule has 0 spiro atoms. The molecule has 0 aliphatic heterocycles. The molecule has 1 aliphatic carbocycles. The van der Waals surface area contributed by atoms with Gasteiger partial charge in [-0.1, -0.05) is 11.6 Å². The first-order chi connectivity index (χ1) is 7.75. The van der Waals surface area contributed by atoms with E-state index >= 15 is 0 Å². The van der Waals surface area contributed by atoms with Gasteiger partial charge in [0.05, 0.1) is 0 Å². The molecule has 0 saturated carbocycles. The summed E-state index contributed by atoms with van der Waals surface area (Å²) in [6, 6.07) is 0. The lowest BCUT2D eigenvalue weighted by molar-refractivity contribution is 0.900. The molecular formula is C12H11ClN2S. The molecule has 2 nitrogen and oxygen atoms in total. The molecule has 0 aromatic carbocycles. The minimum absolute atomic E-state index is 0.642. The summed E-state index contributed by atoms with van der Waals surface area (Å²) >= 11 is 7.87. The Labute approximate surface area is 103 Å². The highest BCUT2D eigenvalue weighted by molar-refractivity contribution is 7.08. The fourth-order valence-electron chi connectivity index (χ4n) is 2.10. The van der Waals surface area contributed by atoms with E-state index in [1.54, 1.807) is 11.3 Å². The van der Waals surface area contributed by atoms with Gasteiger partial charge in [0.1, 0.15) is 5.15 Å². The molecule has 0 atom stereocenters. The van der Waals surface area contributed by atoms with Crippen molar-refractivity contribution in [3.8, 4) is 11.4 Å². The smallest absolute Gasteiger partial charge is 0.162 e. The van der Waals surface area contributed by atoms with E-state index in [1.807, 2.05) is 0 Å². The Balaban J connectivity index is 2.17. The summed E-state index contributed by atoms with van der Waals surface area (Å²) in [6.45, 7) is 2.08. The maximum absolute atomic E-state index is 6.20. The molecule has 0 amide bonds. The third-order valence-corrected chi connectivity index (χ3v) is 4.15. The molecule has 82 valence electrons. The van der Waals surface area contributed by atoms with Crippen molar-refractivity contribution in [3.05, 3.63) is 32.7 Å². The van der Waals surface area contributed by atoms with Crippen LogP contribution in [0.4, 0.5) is 0 Å². The molecule has 3 rings (SSSR count). The largest absolute Gasteiger partial charge is 0.233 e. The molecule has 1 aliphatic rings. The van der Waals surface area contributed by atoms with Crippen LogP contribution >= 0.6 is 22.9 Å². The number of rotatable bonds is 1. The molecule has 16 heavy (non-hydrogen) atoms. The van der Waals surface area contributed by atoms with Crippen LogP contribution in [0.25, 0.3) is 11.4 Å².